The van der Waals surface area contributed by atoms with Crippen molar-refractivity contribution in [3.05, 3.63) is 58.6 Å². The number of hydrogen-bond donors (Lipinski definition) is 2. The number of rotatable bonds is 8. The van der Waals surface area contributed by atoms with Gasteiger partial charge in [0.05, 0.1) is 5.02 Å². The molecule has 1 amide bonds. The van der Waals surface area contributed by atoms with E-state index >= 15 is 0 Å². The molecular weight excluding hydrogens is 324 g/mol. The van der Waals surface area contributed by atoms with Crippen LogP contribution in [0.4, 0.5) is 0 Å². The van der Waals surface area contributed by atoms with Crippen molar-refractivity contribution in [1.82, 2.24) is 5.32 Å². The van der Waals surface area contributed by atoms with Crippen molar-refractivity contribution in [3.63, 3.8) is 0 Å². The molecule has 5 heteroatoms. The van der Waals surface area contributed by atoms with E-state index in [-0.39, 0.29) is 0 Å². The highest BCUT2D eigenvalue weighted by Gasteiger charge is 2.06. The highest BCUT2D eigenvalue weighted by molar-refractivity contribution is 6.32. The molecule has 24 heavy (non-hydrogen) atoms. The highest BCUT2D eigenvalue weighted by Crippen LogP contribution is 2.30. The minimum atomic E-state index is -0.464. The molecule has 0 aromatic heterocycles. The standard InChI is InChI=1S/C19H23ClN2O2/c1-13(2)9-10-22-12-14-3-8-18(17(20)11-14)24-16-6-4-15(5-7-16)19(21)23/h3-8,11,13,22H,9-10,12H2,1-2H3,(H2,21,23). The Morgan fingerprint density at radius 1 is 1.21 bits per heavy atom. The van der Waals surface area contributed by atoms with Crippen molar-refractivity contribution in [3.8, 4) is 11.5 Å². The van der Waals surface area contributed by atoms with Crippen LogP contribution in [0.5, 0.6) is 11.5 Å². The Kier molecular flexibility index (Phi) is 6.64. The van der Waals surface area contributed by atoms with Gasteiger partial charge in [-0.3, -0.25) is 4.79 Å². The van der Waals surface area contributed by atoms with E-state index < -0.39 is 5.91 Å². The maximum atomic E-state index is 11.1. The first kappa shape index (κ1) is 18.3. The number of nitrogens with one attached hydrogen (secondary N) is 1. The van der Waals surface area contributed by atoms with E-state index in [1.54, 1.807) is 24.3 Å². The molecule has 128 valence electrons. The summed E-state index contributed by atoms with van der Waals surface area (Å²) in [6, 6.07) is 12.4. The summed E-state index contributed by atoms with van der Waals surface area (Å²) >= 11 is 6.30. The summed E-state index contributed by atoms with van der Waals surface area (Å²) in [4.78, 5) is 11.1. The predicted octanol–water partition coefficient (Wildman–Crippen LogP) is 4.37. The molecule has 0 aliphatic carbocycles. The lowest BCUT2D eigenvalue weighted by molar-refractivity contribution is 0.100. The van der Waals surface area contributed by atoms with E-state index in [0.29, 0.717) is 28.0 Å². The lowest BCUT2D eigenvalue weighted by Gasteiger charge is -2.11. The highest BCUT2D eigenvalue weighted by atomic mass is 35.5. The molecule has 0 aliphatic heterocycles. The van der Waals surface area contributed by atoms with Gasteiger partial charge in [0, 0.05) is 12.1 Å². The minimum absolute atomic E-state index is 0.441. The summed E-state index contributed by atoms with van der Waals surface area (Å²) in [6.07, 6.45) is 1.15. The molecule has 0 aliphatic rings. The number of hydrogen-bond acceptors (Lipinski definition) is 3. The first-order valence-electron chi connectivity index (χ1n) is 8.02. The fourth-order valence-electron chi connectivity index (χ4n) is 2.17. The monoisotopic (exact) mass is 346 g/mol. The van der Waals surface area contributed by atoms with E-state index in [1.165, 1.54) is 0 Å². The van der Waals surface area contributed by atoms with E-state index in [2.05, 4.69) is 19.2 Å². The van der Waals surface area contributed by atoms with Crippen molar-refractivity contribution in [2.45, 2.75) is 26.8 Å². The number of halogens is 1. The molecule has 2 rings (SSSR count). The van der Waals surface area contributed by atoms with Gasteiger partial charge in [0.2, 0.25) is 5.91 Å². The van der Waals surface area contributed by atoms with Gasteiger partial charge in [-0.25, -0.2) is 0 Å². The van der Waals surface area contributed by atoms with Crippen LogP contribution in [-0.2, 0) is 6.54 Å². The Labute approximate surface area is 148 Å². The van der Waals surface area contributed by atoms with Crippen LogP contribution in [0.2, 0.25) is 5.02 Å². The third-order valence-electron chi connectivity index (χ3n) is 3.59. The van der Waals surface area contributed by atoms with Crippen LogP contribution in [0.1, 0.15) is 36.2 Å². The SMILES string of the molecule is CC(C)CCNCc1ccc(Oc2ccc(C(N)=O)cc2)c(Cl)c1. The predicted molar refractivity (Wildman–Crippen MR) is 97.6 cm³/mol. The molecule has 0 saturated heterocycles. The van der Waals surface area contributed by atoms with Crippen LogP contribution in [0, 0.1) is 5.92 Å². The number of benzene rings is 2. The topological polar surface area (TPSA) is 64.3 Å². The van der Waals surface area contributed by atoms with Crippen LogP contribution >= 0.6 is 11.6 Å². The van der Waals surface area contributed by atoms with Gasteiger partial charge in [0.1, 0.15) is 11.5 Å². The number of carbonyl (C=O) groups is 1. The van der Waals surface area contributed by atoms with Gasteiger partial charge >= 0.3 is 0 Å². The van der Waals surface area contributed by atoms with Crippen LogP contribution in [0.25, 0.3) is 0 Å². The smallest absolute Gasteiger partial charge is 0.248 e. The molecule has 0 fully saturated rings. The second kappa shape index (κ2) is 8.71. The number of nitrogens with two attached hydrogens (primary N) is 1. The molecule has 4 nitrogen and oxygen atoms in total. The quantitative estimate of drug-likeness (QED) is 0.698. The van der Waals surface area contributed by atoms with Crippen molar-refractivity contribution < 1.29 is 9.53 Å². The Bertz CT molecular complexity index is 684. The largest absolute Gasteiger partial charge is 0.456 e. The van der Waals surface area contributed by atoms with Crippen LogP contribution in [0.3, 0.4) is 0 Å². The third-order valence-corrected chi connectivity index (χ3v) is 3.89. The maximum Gasteiger partial charge on any atom is 0.248 e. The molecule has 2 aromatic rings. The van der Waals surface area contributed by atoms with Crippen LogP contribution < -0.4 is 15.8 Å². The van der Waals surface area contributed by atoms with Gasteiger partial charge in [0.15, 0.2) is 0 Å². The van der Waals surface area contributed by atoms with Gasteiger partial charge in [-0.05, 0) is 60.8 Å². The summed E-state index contributed by atoms with van der Waals surface area (Å²) in [5.41, 5.74) is 6.77. The fourth-order valence-corrected chi connectivity index (χ4v) is 2.42. The van der Waals surface area contributed by atoms with Gasteiger partial charge in [0.25, 0.3) is 0 Å². The zero-order valence-corrected chi connectivity index (χ0v) is 14.8. The van der Waals surface area contributed by atoms with Gasteiger partial charge in [-0.15, -0.1) is 0 Å². The second-order valence-corrected chi connectivity index (χ2v) is 6.52. The zero-order chi connectivity index (χ0) is 17.5. The number of ether oxygens (including phenoxy) is 1. The van der Waals surface area contributed by atoms with Gasteiger partial charge < -0.3 is 15.8 Å². The molecule has 0 atom stereocenters. The molecule has 0 saturated carbocycles. The summed E-state index contributed by atoms with van der Waals surface area (Å²) in [5.74, 6) is 1.41. The summed E-state index contributed by atoms with van der Waals surface area (Å²) in [5, 5.41) is 3.96. The molecule has 0 bridgehead atoms. The number of amides is 1. The first-order chi connectivity index (χ1) is 11.5. The van der Waals surface area contributed by atoms with Gasteiger partial charge in [-0.2, -0.15) is 0 Å². The molecule has 0 unspecified atom stereocenters. The summed E-state index contributed by atoms with van der Waals surface area (Å²) in [7, 11) is 0. The van der Waals surface area contributed by atoms with Crippen molar-refractivity contribution in [2.24, 2.45) is 11.7 Å². The molecule has 0 spiro atoms. The van der Waals surface area contributed by atoms with Crippen LogP contribution in [0.15, 0.2) is 42.5 Å². The Morgan fingerprint density at radius 3 is 2.50 bits per heavy atom. The van der Waals surface area contributed by atoms with Crippen molar-refractivity contribution in [2.75, 3.05) is 6.54 Å². The normalized spacial score (nSPS) is 10.8. The summed E-state index contributed by atoms with van der Waals surface area (Å²) in [6.45, 7) is 6.18. The second-order valence-electron chi connectivity index (χ2n) is 6.11. The van der Waals surface area contributed by atoms with Gasteiger partial charge in [-0.1, -0.05) is 31.5 Å². The molecule has 3 N–H and O–H groups in total. The van der Waals surface area contributed by atoms with Crippen LogP contribution in [-0.4, -0.2) is 12.5 Å². The average molecular weight is 347 g/mol. The summed E-state index contributed by atoms with van der Waals surface area (Å²) < 4.78 is 5.75. The Balaban J connectivity index is 1.95. The molecular formula is C19H23ClN2O2. The van der Waals surface area contributed by atoms with E-state index in [0.717, 1.165) is 25.1 Å². The average Bonchev–Trinajstić information content (AvgIpc) is 2.54. The number of primary amides is 1. The lowest BCUT2D eigenvalue weighted by atomic mass is 10.1. The fraction of sp³-hybridized carbons (Fsp3) is 0.316. The zero-order valence-electron chi connectivity index (χ0n) is 14.0. The Hall–Kier alpha value is -2.04. The van der Waals surface area contributed by atoms with E-state index in [9.17, 15) is 4.79 Å². The lowest BCUT2D eigenvalue weighted by Crippen LogP contribution is -2.16. The van der Waals surface area contributed by atoms with E-state index in [1.807, 2.05) is 18.2 Å². The molecule has 2 aromatic carbocycles. The Morgan fingerprint density at radius 2 is 1.92 bits per heavy atom. The van der Waals surface area contributed by atoms with E-state index in [4.69, 9.17) is 22.1 Å². The first-order valence-corrected chi connectivity index (χ1v) is 8.40. The maximum absolute atomic E-state index is 11.1. The minimum Gasteiger partial charge on any atom is -0.456 e. The third kappa shape index (κ3) is 5.55. The molecule has 0 radical (unpaired) electrons. The van der Waals surface area contributed by atoms with Crippen molar-refractivity contribution in [1.29, 1.82) is 0 Å². The van der Waals surface area contributed by atoms with Crippen molar-refractivity contribution >= 4 is 17.5 Å². The number of carbonyl (C=O) groups excluding carboxylic acids is 1. The molecule has 0 heterocycles.